The van der Waals surface area contributed by atoms with Gasteiger partial charge < -0.3 is 23.9 Å². The van der Waals surface area contributed by atoms with Gasteiger partial charge in [0, 0.05) is 30.6 Å². The van der Waals surface area contributed by atoms with Crippen LogP contribution in [0.3, 0.4) is 0 Å². The average Bonchev–Trinajstić information content (AvgIpc) is 3.58. The van der Waals surface area contributed by atoms with E-state index in [2.05, 4.69) is 15.5 Å². The molecule has 0 radical (unpaired) electrons. The Labute approximate surface area is 197 Å². The standard InChI is InChI=1S/C25H28N4O5/c1-15-12-19(16(2)33-15)23(30)26-21-14-18(25(31)29-8-10-32-11-9-29)13-20(21)24-27-22(28-34-24)17-6-4-3-5-7-17/h3-7,12,18,20-21H,8-11,13-14H2,1-2H3,(H,26,30)/t18-,20-,21+/m1/s1. The van der Waals surface area contributed by atoms with E-state index >= 15 is 0 Å². The van der Waals surface area contributed by atoms with Crippen LogP contribution in [0.25, 0.3) is 11.4 Å². The number of ether oxygens (including phenoxy) is 1. The summed E-state index contributed by atoms with van der Waals surface area (Å²) in [7, 11) is 0. The highest BCUT2D eigenvalue weighted by atomic mass is 16.5. The van der Waals surface area contributed by atoms with Crippen molar-refractivity contribution in [2.75, 3.05) is 26.3 Å². The van der Waals surface area contributed by atoms with Crippen LogP contribution in [0.4, 0.5) is 0 Å². The molecule has 3 heterocycles. The molecular formula is C25H28N4O5. The number of nitrogens with one attached hydrogen (secondary N) is 1. The molecule has 1 saturated carbocycles. The molecule has 34 heavy (non-hydrogen) atoms. The summed E-state index contributed by atoms with van der Waals surface area (Å²) in [5.41, 5.74) is 1.34. The molecule has 0 bridgehead atoms. The first-order valence-electron chi connectivity index (χ1n) is 11.6. The summed E-state index contributed by atoms with van der Waals surface area (Å²) < 4.78 is 16.6. The third-order valence-electron chi connectivity index (χ3n) is 6.63. The Morgan fingerprint density at radius 3 is 2.56 bits per heavy atom. The van der Waals surface area contributed by atoms with Gasteiger partial charge in [-0.3, -0.25) is 9.59 Å². The van der Waals surface area contributed by atoms with Gasteiger partial charge in [-0.1, -0.05) is 35.5 Å². The Morgan fingerprint density at radius 2 is 1.85 bits per heavy atom. The number of amides is 2. The van der Waals surface area contributed by atoms with E-state index in [4.69, 9.17) is 13.7 Å². The summed E-state index contributed by atoms with van der Waals surface area (Å²) >= 11 is 0. The number of aromatic nitrogens is 2. The molecule has 2 amide bonds. The zero-order chi connectivity index (χ0) is 23.7. The monoisotopic (exact) mass is 464 g/mol. The average molecular weight is 465 g/mol. The number of hydrogen-bond donors (Lipinski definition) is 1. The third kappa shape index (κ3) is 4.48. The third-order valence-corrected chi connectivity index (χ3v) is 6.63. The second-order valence-electron chi connectivity index (χ2n) is 8.94. The Morgan fingerprint density at radius 1 is 1.09 bits per heavy atom. The van der Waals surface area contributed by atoms with Gasteiger partial charge in [-0.15, -0.1) is 0 Å². The van der Waals surface area contributed by atoms with Crippen LogP contribution in [0.2, 0.25) is 0 Å². The van der Waals surface area contributed by atoms with Gasteiger partial charge >= 0.3 is 0 Å². The smallest absolute Gasteiger partial charge is 0.255 e. The van der Waals surface area contributed by atoms with Crippen LogP contribution in [-0.4, -0.2) is 59.2 Å². The van der Waals surface area contributed by atoms with Crippen molar-refractivity contribution in [1.82, 2.24) is 20.4 Å². The molecule has 2 aliphatic rings. The van der Waals surface area contributed by atoms with Gasteiger partial charge in [0.15, 0.2) is 0 Å². The molecule has 1 saturated heterocycles. The maximum atomic E-state index is 13.2. The predicted molar refractivity (Wildman–Crippen MR) is 122 cm³/mol. The highest BCUT2D eigenvalue weighted by molar-refractivity contribution is 5.95. The summed E-state index contributed by atoms with van der Waals surface area (Å²) in [4.78, 5) is 32.8. The van der Waals surface area contributed by atoms with Crippen LogP contribution < -0.4 is 5.32 Å². The zero-order valence-corrected chi connectivity index (χ0v) is 19.3. The topological polar surface area (TPSA) is 111 Å². The highest BCUT2D eigenvalue weighted by Gasteiger charge is 2.44. The minimum atomic E-state index is -0.318. The largest absolute Gasteiger partial charge is 0.466 e. The fourth-order valence-electron chi connectivity index (χ4n) is 4.91. The predicted octanol–water partition coefficient (Wildman–Crippen LogP) is 3.10. The lowest BCUT2D eigenvalue weighted by molar-refractivity contribution is -0.139. The molecule has 1 aromatic carbocycles. The van der Waals surface area contributed by atoms with Crippen LogP contribution >= 0.6 is 0 Å². The molecule has 3 atom stereocenters. The normalized spacial score (nSPS) is 22.6. The number of nitrogens with zero attached hydrogens (tertiary/aromatic N) is 3. The number of hydrogen-bond acceptors (Lipinski definition) is 7. The number of rotatable bonds is 5. The Kier molecular flexibility index (Phi) is 6.19. The summed E-state index contributed by atoms with van der Waals surface area (Å²) in [5.74, 6) is 1.51. The maximum absolute atomic E-state index is 13.2. The Hall–Kier alpha value is -3.46. The molecule has 2 aromatic heterocycles. The quantitative estimate of drug-likeness (QED) is 0.618. The molecule has 0 unspecified atom stereocenters. The lowest BCUT2D eigenvalue weighted by Crippen LogP contribution is -2.43. The highest BCUT2D eigenvalue weighted by Crippen LogP contribution is 2.40. The van der Waals surface area contributed by atoms with Crippen LogP contribution in [0.1, 0.15) is 46.5 Å². The molecule has 5 rings (SSSR count). The van der Waals surface area contributed by atoms with Crippen molar-refractivity contribution in [3.63, 3.8) is 0 Å². The van der Waals surface area contributed by atoms with Crippen LogP contribution in [0, 0.1) is 19.8 Å². The molecular weight excluding hydrogens is 436 g/mol. The van der Waals surface area contributed by atoms with Crippen molar-refractivity contribution in [2.45, 2.75) is 38.6 Å². The summed E-state index contributed by atoms with van der Waals surface area (Å²) in [6.07, 6.45) is 1.03. The molecule has 1 N–H and O–H groups in total. The lowest BCUT2D eigenvalue weighted by atomic mass is 10.0. The van der Waals surface area contributed by atoms with Gasteiger partial charge in [0.1, 0.15) is 11.5 Å². The lowest BCUT2D eigenvalue weighted by Gasteiger charge is -2.29. The number of aryl methyl sites for hydroxylation is 2. The SMILES string of the molecule is Cc1cc(C(=O)N[C@H]2C[C@H](C(=O)N3CCOCC3)C[C@H]2c2nc(-c3ccccc3)no2)c(C)o1. The van der Waals surface area contributed by atoms with E-state index in [1.165, 1.54) is 0 Å². The number of morpholine rings is 1. The van der Waals surface area contributed by atoms with E-state index in [-0.39, 0.29) is 29.7 Å². The van der Waals surface area contributed by atoms with E-state index in [1.807, 2.05) is 42.2 Å². The zero-order valence-electron chi connectivity index (χ0n) is 19.3. The number of carbonyl (C=O) groups excluding carboxylic acids is 2. The number of carbonyl (C=O) groups is 2. The van der Waals surface area contributed by atoms with Gasteiger partial charge in [-0.05, 0) is 32.8 Å². The van der Waals surface area contributed by atoms with E-state index < -0.39 is 0 Å². The van der Waals surface area contributed by atoms with Crippen LogP contribution in [0.15, 0.2) is 45.3 Å². The Balaban J connectivity index is 1.39. The fourth-order valence-corrected chi connectivity index (χ4v) is 4.91. The fraction of sp³-hybridized carbons (Fsp3) is 0.440. The molecule has 1 aliphatic heterocycles. The van der Waals surface area contributed by atoms with Gasteiger partial charge in [0.25, 0.3) is 5.91 Å². The van der Waals surface area contributed by atoms with Crippen molar-refractivity contribution in [3.8, 4) is 11.4 Å². The van der Waals surface area contributed by atoms with Crippen molar-refractivity contribution >= 4 is 11.8 Å². The summed E-state index contributed by atoms with van der Waals surface area (Å²) in [5, 5.41) is 7.27. The molecule has 2 fully saturated rings. The van der Waals surface area contributed by atoms with E-state index in [9.17, 15) is 9.59 Å². The van der Waals surface area contributed by atoms with Gasteiger partial charge in [-0.2, -0.15) is 4.98 Å². The molecule has 9 nitrogen and oxygen atoms in total. The van der Waals surface area contributed by atoms with E-state index in [0.717, 1.165) is 5.56 Å². The van der Waals surface area contributed by atoms with Crippen molar-refractivity contribution in [1.29, 1.82) is 0 Å². The van der Waals surface area contributed by atoms with E-state index in [0.29, 0.717) is 67.9 Å². The number of benzene rings is 1. The minimum Gasteiger partial charge on any atom is -0.466 e. The first-order chi connectivity index (χ1) is 16.5. The Bertz CT molecular complexity index is 1170. The van der Waals surface area contributed by atoms with E-state index in [1.54, 1.807) is 13.0 Å². The summed E-state index contributed by atoms with van der Waals surface area (Å²) in [6.45, 7) is 5.84. The first-order valence-corrected chi connectivity index (χ1v) is 11.6. The minimum absolute atomic E-state index is 0.0863. The van der Waals surface area contributed by atoms with Gasteiger partial charge in [0.05, 0.1) is 24.7 Å². The van der Waals surface area contributed by atoms with Crippen molar-refractivity contribution in [2.24, 2.45) is 5.92 Å². The number of furan rings is 1. The van der Waals surface area contributed by atoms with Crippen LogP contribution in [-0.2, 0) is 9.53 Å². The molecule has 0 spiro atoms. The molecule has 9 heteroatoms. The van der Waals surface area contributed by atoms with Crippen molar-refractivity contribution < 1.29 is 23.3 Å². The maximum Gasteiger partial charge on any atom is 0.255 e. The second kappa shape index (κ2) is 9.42. The van der Waals surface area contributed by atoms with Crippen LogP contribution in [0.5, 0.6) is 0 Å². The molecule has 1 aliphatic carbocycles. The van der Waals surface area contributed by atoms with Gasteiger partial charge in [-0.25, -0.2) is 0 Å². The molecule has 3 aromatic rings. The molecule has 178 valence electrons. The second-order valence-corrected chi connectivity index (χ2v) is 8.94. The van der Waals surface area contributed by atoms with Crippen molar-refractivity contribution in [3.05, 3.63) is 59.4 Å². The first kappa shape index (κ1) is 22.3. The summed E-state index contributed by atoms with van der Waals surface area (Å²) in [6, 6.07) is 11.0. The van der Waals surface area contributed by atoms with Gasteiger partial charge in [0.2, 0.25) is 17.6 Å².